The molecule has 2 heterocycles. The van der Waals surface area contributed by atoms with Crippen LogP contribution in [0, 0.1) is 25.7 Å². The highest BCUT2D eigenvalue weighted by atomic mass is 35.5. The quantitative estimate of drug-likeness (QED) is 0.676. The van der Waals surface area contributed by atoms with Gasteiger partial charge in [0.05, 0.1) is 17.3 Å². The number of nitrogens with two attached hydrogens (primary N) is 1. The van der Waals surface area contributed by atoms with Crippen LogP contribution in [0.5, 0.6) is 0 Å². The minimum absolute atomic E-state index is 0. The Kier molecular flexibility index (Phi) is 8.92. The summed E-state index contributed by atoms with van der Waals surface area (Å²) in [7, 11) is -1.89. The molecule has 1 aliphatic heterocycles. The summed E-state index contributed by atoms with van der Waals surface area (Å²) in [5.74, 6) is 0.0399. The van der Waals surface area contributed by atoms with Crippen LogP contribution in [0.2, 0.25) is 0 Å². The number of halogens is 1. The molecule has 1 aliphatic rings. The molecule has 2 atom stereocenters. The predicted molar refractivity (Wildman–Crippen MR) is 112 cm³/mol. The van der Waals surface area contributed by atoms with Gasteiger partial charge in [-0.2, -0.15) is 9.40 Å². The highest BCUT2D eigenvalue weighted by Gasteiger charge is 2.36. The van der Waals surface area contributed by atoms with Crippen LogP contribution in [-0.2, 0) is 14.8 Å². The molecule has 8 nitrogen and oxygen atoms in total. The molecular formula is C18H34ClN5O3S. The zero-order valence-corrected chi connectivity index (χ0v) is 19.1. The average Bonchev–Trinajstić information content (AvgIpc) is 2.97. The summed E-state index contributed by atoms with van der Waals surface area (Å²) in [4.78, 5) is 14.7. The van der Waals surface area contributed by atoms with Gasteiger partial charge in [-0.3, -0.25) is 9.89 Å². The summed E-state index contributed by atoms with van der Waals surface area (Å²) >= 11 is 0. The third-order valence-corrected chi connectivity index (χ3v) is 7.55. The lowest BCUT2D eigenvalue weighted by Gasteiger charge is -2.33. The molecule has 0 spiro atoms. The second-order valence-electron chi connectivity index (χ2n) is 7.92. The third kappa shape index (κ3) is 5.46. The van der Waals surface area contributed by atoms with Crippen molar-refractivity contribution in [2.75, 3.05) is 26.7 Å². The smallest absolute Gasteiger partial charge is 0.246 e. The van der Waals surface area contributed by atoms with Crippen LogP contribution >= 0.6 is 12.4 Å². The number of nitrogens with zero attached hydrogens (tertiary/aromatic N) is 3. The first-order chi connectivity index (χ1) is 12.6. The zero-order valence-electron chi connectivity index (χ0n) is 17.4. The number of aromatic amines is 1. The lowest BCUT2D eigenvalue weighted by molar-refractivity contribution is -0.135. The van der Waals surface area contributed by atoms with Gasteiger partial charge >= 0.3 is 0 Å². The van der Waals surface area contributed by atoms with E-state index in [1.807, 2.05) is 0 Å². The summed E-state index contributed by atoms with van der Waals surface area (Å²) < 4.78 is 27.5. The molecular weight excluding hydrogens is 402 g/mol. The number of amides is 1. The molecule has 1 aromatic heterocycles. The Morgan fingerprint density at radius 2 is 2.04 bits per heavy atom. The molecule has 10 heteroatoms. The number of sulfonamides is 1. The number of H-pyrrole nitrogens is 1. The van der Waals surface area contributed by atoms with E-state index in [0.717, 1.165) is 6.42 Å². The molecule has 1 aromatic rings. The van der Waals surface area contributed by atoms with Gasteiger partial charge in [0.2, 0.25) is 15.9 Å². The Balaban J connectivity index is 0.00000392. The largest absolute Gasteiger partial charge is 0.345 e. The second kappa shape index (κ2) is 10.0. The first kappa shape index (κ1) is 24.9. The molecule has 2 rings (SSSR count). The third-order valence-electron chi connectivity index (χ3n) is 5.42. The van der Waals surface area contributed by atoms with Gasteiger partial charge in [-0.25, -0.2) is 8.42 Å². The average molecular weight is 436 g/mol. The minimum Gasteiger partial charge on any atom is -0.345 e. The number of carbonyl (C=O) groups is 1. The number of nitrogens with one attached hydrogen (secondary N) is 1. The summed E-state index contributed by atoms with van der Waals surface area (Å²) in [6.07, 6.45) is 2.11. The first-order valence-electron chi connectivity index (χ1n) is 9.58. The summed E-state index contributed by atoms with van der Waals surface area (Å²) in [5.41, 5.74) is 7.06. The van der Waals surface area contributed by atoms with Crippen molar-refractivity contribution in [3.05, 3.63) is 11.4 Å². The van der Waals surface area contributed by atoms with Crippen molar-refractivity contribution < 1.29 is 13.2 Å². The van der Waals surface area contributed by atoms with Gasteiger partial charge in [-0.05, 0) is 39.0 Å². The number of aromatic nitrogens is 2. The normalized spacial score (nSPS) is 19.3. The topological polar surface area (TPSA) is 112 Å². The van der Waals surface area contributed by atoms with Crippen LogP contribution in [-0.4, -0.2) is 66.5 Å². The van der Waals surface area contributed by atoms with Crippen molar-refractivity contribution in [2.24, 2.45) is 17.6 Å². The molecule has 1 fully saturated rings. The van der Waals surface area contributed by atoms with Crippen molar-refractivity contribution in [1.82, 2.24) is 19.4 Å². The van der Waals surface area contributed by atoms with E-state index < -0.39 is 10.0 Å². The Hall–Kier alpha value is -1.16. The molecule has 0 bridgehead atoms. The van der Waals surface area contributed by atoms with E-state index in [0.29, 0.717) is 43.2 Å². The van der Waals surface area contributed by atoms with Crippen LogP contribution in [0.3, 0.4) is 0 Å². The fraction of sp³-hybridized carbons (Fsp3) is 0.778. The monoisotopic (exact) mass is 435 g/mol. The molecule has 162 valence electrons. The molecule has 1 amide bonds. The number of piperidine rings is 1. The Bertz CT molecular complexity index is 746. The van der Waals surface area contributed by atoms with Gasteiger partial charge in [-0.1, -0.05) is 13.8 Å². The van der Waals surface area contributed by atoms with Crippen LogP contribution < -0.4 is 5.73 Å². The number of aryl methyl sites for hydroxylation is 2. The molecule has 0 radical (unpaired) electrons. The van der Waals surface area contributed by atoms with E-state index in [1.54, 1.807) is 25.8 Å². The van der Waals surface area contributed by atoms with Gasteiger partial charge in [0.15, 0.2) is 0 Å². The van der Waals surface area contributed by atoms with Crippen molar-refractivity contribution in [3.63, 3.8) is 0 Å². The van der Waals surface area contributed by atoms with Gasteiger partial charge in [0.25, 0.3) is 0 Å². The maximum absolute atomic E-state index is 13.0. The highest BCUT2D eigenvalue weighted by Crippen LogP contribution is 2.27. The summed E-state index contributed by atoms with van der Waals surface area (Å²) in [5, 5.41) is 6.72. The Morgan fingerprint density at radius 1 is 1.39 bits per heavy atom. The van der Waals surface area contributed by atoms with E-state index in [2.05, 4.69) is 24.0 Å². The lowest BCUT2D eigenvalue weighted by atomic mass is 9.97. The number of rotatable bonds is 7. The van der Waals surface area contributed by atoms with E-state index in [-0.39, 0.29) is 41.7 Å². The summed E-state index contributed by atoms with van der Waals surface area (Å²) in [6, 6.07) is 0.0514. The van der Waals surface area contributed by atoms with Gasteiger partial charge in [-0.15, -0.1) is 12.4 Å². The van der Waals surface area contributed by atoms with Gasteiger partial charge < -0.3 is 10.6 Å². The van der Waals surface area contributed by atoms with Crippen LogP contribution in [0.25, 0.3) is 0 Å². The fourth-order valence-corrected chi connectivity index (χ4v) is 5.37. The summed E-state index contributed by atoms with van der Waals surface area (Å²) in [6.45, 7) is 8.73. The lowest BCUT2D eigenvalue weighted by Crippen LogP contribution is -2.46. The van der Waals surface area contributed by atoms with Gasteiger partial charge in [0.1, 0.15) is 4.90 Å². The zero-order chi connectivity index (χ0) is 20.4. The number of carbonyl (C=O) groups excluding carboxylic acids is 1. The minimum atomic E-state index is -3.66. The predicted octanol–water partition coefficient (Wildman–Crippen LogP) is 1.68. The van der Waals surface area contributed by atoms with E-state index >= 15 is 0 Å². The first-order valence-corrected chi connectivity index (χ1v) is 11.0. The van der Waals surface area contributed by atoms with Gasteiger partial charge in [0, 0.05) is 32.7 Å². The fourth-order valence-electron chi connectivity index (χ4n) is 3.51. The number of hydrogen-bond acceptors (Lipinski definition) is 5. The molecule has 3 N–H and O–H groups in total. The van der Waals surface area contributed by atoms with E-state index in [4.69, 9.17) is 5.73 Å². The maximum atomic E-state index is 13.0. The Morgan fingerprint density at radius 3 is 2.57 bits per heavy atom. The maximum Gasteiger partial charge on any atom is 0.246 e. The molecule has 0 aromatic carbocycles. The molecule has 0 saturated carbocycles. The van der Waals surface area contributed by atoms with Crippen molar-refractivity contribution in [1.29, 1.82) is 0 Å². The van der Waals surface area contributed by atoms with E-state index in [9.17, 15) is 13.2 Å². The van der Waals surface area contributed by atoms with Crippen LogP contribution in [0.15, 0.2) is 4.90 Å². The second-order valence-corrected chi connectivity index (χ2v) is 9.80. The highest BCUT2D eigenvalue weighted by molar-refractivity contribution is 7.89. The SMILES string of the molecule is Cc1n[nH]c(C)c1S(=O)(=O)N1CCCC(C(=O)N(C)CCC(N)C(C)C)C1.Cl. The van der Waals surface area contributed by atoms with Crippen molar-refractivity contribution in [3.8, 4) is 0 Å². The molecule has 0 aliphatic carbocycles. The van der Waals surface area contributed by atoms with Crippen molar-refractivity contribution >= 4 is 28.3 Å². The van der Waals surface area contributed by atoms with Crippen molar-refractivity contribution in [2.45, 2.75) is 57.9 Å². The van der Waals surface area contributed by atoms with Crippen LogP contribution in [0.1, 0.15) is 44.5 Å². The Labute approximate surface area is 174 Å². The molecule has 2 unspecified atom stereocenters. The van der Waals surface area contributed by atoms with Crippen LogP contribution in [0.4, 0.5) is 0 Å². The van der Waals surface area contributed by atoms with E-state index in [1.165, 1.54) is 4.31 Å². The molecule has 1 saturated heterocycles. The standard InChI is InChI=1S/C18H33N5O3S.ClH/c1-12(2)16(19)8-10-22(5)18(24)15-7-6-9-23(11-15)27(25,26)17-13(3)20-21-14(17)4;/h12,15-16H,6-11,19H2,1-5H3,(H,20,21);1H. The molecule has 28 heavy (non-hydrogen) atoms. The number of hydrogen-bond donors (Lipinski definition) is 2.